The van der Waals surface area contributed by atoms with Crippen LogP contribution < -0.4 is 16.0 Å². The number of hydrogen-bond donors (Lipinski definition) is 2. The number of Topliss-reactive ketones (excluding diaryl/α,β-unsaturated/α-hetero) is 1. The highest BCUT2D eigenvalue weighted by molar-refractivity contribution is 5.96. The molecule has 1 heterocycles. The van der Waals surface area contributed by atoms with Gasteiger partial charge in [0.1, 0.15) is 5.75 Å². The summed E-state index contributed by atoms with van der Waals surface area (Å²) in [6.07, 6.45) is 0.391. The van der Waals surface area contributed by atoms with Crippen LogP contribution in [0.2, 0.25) is 0 Å². The summed E-state index contributed by atoms with van der Waals surface area (Å²) in [4.78, 5) is 39.8. The van der Waals surface area contributed by atoms with Crippen molar-refractivity contribution >= 4 is 5.78 Å². The van der Waals surface area contributed by atoms with Crippen LogP contribution in [0.25, 0.3) is 0 Å². The van der Waals surface area contributed by atoms with E-state index < -0.39 is 11.2 Å². The van der Waals surface area contributed by atoms with Crippen LogP contribution in [-0.4, -0.2) is 15.8 Å². The third kappa shape index (κ3) is 3.33. The van der Waals surface area contributed by atoms with Crippen molar-refractivity contribution in [1.29, 1.82) is 0 Å². The largest absolute Gasteiger partial charge is 0.440 e. The fraction of sp³-hybridized carbons (Fsp3) is 0.312. The molecule has 2 N–H and O–H groups in total. The van der Waals surface area contributed by atoms with E-state index in [-0.39, 0.29) is 17.6 Å². The zero-order chi connectivity index (χ0) is 16.3. The molecule has 6 heteroatoms. The summed E-state index contributed by atoms with van der Waals surface area (Å²) in [6, 6.07) is 6.65. The Kier molecular flexibility index (Phi) is 4.60. The highest BCUT2D eigenvalue weighted by Gasteiger charge is 2.15. The molecule has 2 aromatic rings. The minimum atomic E-state index is -0.634. The van der Waals surface area contributed by atoms with E-state index >= 15 is 0 Å². The molecule has 0 atom stereocenters. The van der Waals surface area contributed by atoms with Crippen molar-refractivity contribution in [2.45, 2.75) is 33.1 Å². The van der Waals surface area contributed by atoms with Gasteiger partial charge in [0.05, 0.1) is 5.56 Å². The summed E-state index contributed by atoms with van der Waals surface area (Å²) in [6.45, 7) is 5.43. The Hall–Kier alpha value is -2.63. The van der Waals surface area contributed by atoms with E-state index in [9.17, 15) is 14.4 Å². The Morgan fingerprint density at radius 1 is 1.23 bits per heavy atom. The molecule has 0 fully saturated rings. The lowest BCUT2D eigenvalue weighted by Crippen LogP contribution is -2.26. The summed E-state index contributed by atoms with van der Waals surface area (Å²) in [5.74, 6) is 0.359. The molecule has 1 aromatic carbocycles. The number of aromatic nitrogens is 2. The quantitative estimate of drug-likeness (QED) is 0.830. The maximum absolute atomic E-state index is 11.9. The molecule has 116 valence electrons. The maximum atomic E-state index is 11.9. The fourth-order valence-corrected chi connectivity index (χ4v) is 2.14. The van der Waals surface area contributed by atoms with E-state index in [2.05, 4.69) is 9.97 Å². The van der Waals surface area contributed by atoms with Crippen molar-refractivity contribution in [2.75, 3.05) is 0 Å². The van der Waals surface area contributed by atoms with Crippen LogP contribution in [0, 0.1) is 0 Å². The standard InChI is InChI=1S/C16H18N2O4/c1-4-12(19)10-6-5-7-11(8-10)22-15-13(9(2)3)14(20)17-16(21)18-15/h5-9H,4H2,1-3H3,(H2,17,18,20,21). The zero-order valence-electron chi connectivity index (χ0n) is 12.7. The van der Waals surface area contributed by atoms with Gasteiger partial charge >= 0.3 is 5.69 Å². The lowest BCUT2D eigenvalue weighted by Gasteiger charge is -2.12. The third-order valence-electron chi connectivity index (χ3n) is 3.22. The molecule has 0 aliphatic heterocycles. The van der Waals surface area contributed by atoms with E-state index in [1.807, 2.05) is 13.8 Å². The number of carbonyl (C=O) groups excluding carboxylic acids is 1. The van der Waals surface area contributed by atoms with Gasteiger partial charge in [-0.05, 0) is 18.1 Å². The van der Waals surface area contributed by atoms with Gasteiger partial charge in [-0.1, -0.05) is 32.9 Å². The van der Waals surface area contributed by atoms with Crippen LogP contribution in [0.5, 0.6) is 11.6 Å². The van der Waals surface area contributed by atoms with E-state index in [1.165, 1.54) is 0 Å². The smallest absolute Gasteiger partial charge is 0.328 e. The molecule has 0 saturated carbocycles. The first-order valence-corrected chi connectivity index (χ1v) is 7.10. The van der Waals surface area contributed by atoms with Gasteiger partial charge in [0.2, 0.25) is 5.88 Å². The first-order valence-electron chi connectivity index (χ1n) is 7.10. The molecule has 0 amide bonds. The van der Waals surface area contributed by atoms with Gasteiger partial charge in [0.15, 0.2) is 5.78 Å². The van der Waals surface area contributed by atoms with Crippen molar-refractivity contribution in [3.63, 3.8) is 0 Å². The fourth-order valence-electron chi connectivity index (χ4n) is 2.14. The van der Waals surface area contributed by atoms with E-state index in [1.54, 1.807) is 31.2 Å². The van der Waals surface area contributed by atoms with Gasteiger partial charge in [0.25, 0.3) is 5.56 Å². The molecule has 0 radical (unpaired) electrons. The van der Waals surface area contributed by atoms with E-state index in [4.69, 9.17) is 4.74 Å². The lowest BCUT2D eigenvalue weighted by molar-refractivity contribution is 0.0988. The van der Waals surface area contributed by atoms with Gasteiger partial charge in [-0.2, -0.15) is 0 Å². The van der Waals surface area contributed by atoms with Gasteiger partial charge < -0.3 is 4.74 Å². The SMILES string of the molecule is CCC(=O)c1cccc(Oc2[nH]c(=O)[nH]c(=O)c2C(C)C)c1. The average Bonchev–Trinajstić information content (AvgIpc) is 2.45. The van der Waals surface area contributed by atoms with Crippen molar-refractivity contribution in [3.8, 4) is 11.6 Å². The minimum absolute atomic E-state index is 0.00562. The number of H-pyrrole nitrogens is 2. The minimum Gasteiger partial charge on any atom is -0.440 e. The maximum Gasteiger partial charge on any atom is 0.328 e. The molecular formula is C16H18N2O4. The Morgan fingerprint density at radius 2 is 1.95 bits per heavy atom. The zero-order valence-corrected chi connectivity index (χ0v) is 12.7. The summed E-state index contributed by atoms with van der Waals surface area (Å²) in [5.41, 5.74) is -0.232. The number of benzene rings is 1. The molecule has 2 rings (SSSR count). The van der Waals surface area contributed by atoms with Gasteiger partial charge in [-0.15, -0.1) is 0 Å². The van der Waals surface area contributed by atoms with Crippen LogP contribution >= 0.6 is 0 Å². The van der Waals surface area contributed by atoms with E-state index in [0.717, 1.165) is 0 Å². The summed E-state index contributed by atoms with van der Waals surface area (Å²) >= 11 is 0. The molecule has 0 spiro atoms. The predicted molar refractivity (Wildman–Crippen MR) is 82.9 cm³/mol. The number of ether oxygens (including phenoxy) is 1. The van der Waals surface area contributed by atoms with Crippen molar-refractivity contribution in [3.05, 3.63) is 56.2 Å². The topological polar surface area (TPSA) is 92.0 Å². The lowest BCUT2D eigenvalue weighted by atomic mass is 10.1. The number of carbonyl (C=O) groups is 1. The second-order valence-corrected chi connectivity index (χ2v) is 5.21. The second-order valence-electron chi connectivity index (χ2n) is 5.21. The first-order chi connectivity index (χ1) is 10.4. The first kappa shape index (κ1) is 15.8. The van der Waals surface area contributed by atoms with Crippen molar-refractivity contribution in [1.82, 2.24) is 9.97 Å². The molecule has 1 aromatic heterocycles. The van der Waals surface area contributed by atoms with Crippen molar-refractivity contribution in [2.24, 2.45) is 0 Å². The molecule has 22 heavy (non-hydrogen) atoms. The van der Waals surface area contributed by atoms with Crippen molar-refractivity contribution < 1.29 is 9.53 Å². The summed E-state index contributed by atoms with van der Waals surface area (Å²) in [5, 5.41) is 0. The summed E-state index contributed by atoms with van der Waals surface area (Å²) < 4.78 is 5.64. The summed E-state index contributed by atoms with van der Waals surface area (Å²) in [7, 11) is 0. The highest BCUT2D eigenvalue weighted by atomic mass is 16.5. The molecule has 0 saturated heterocycles. The van der Waals surface area contributed by atoms with Crippen LogP contribution in [0.15, 0.2) is 33.9 Å². The highest BCUT2D eigenvalue weighted by Crippen LogP contribution is 2.25. The second kappa shape index (κ2) is 6.43. The number of nitrogens with one attached hydrogen (secondary N) is 2. The van der Waals surface area contributed by atoms with Gasteiger partial charge in [0, 0.05) is 12.0 Å². The monoisotopic (exact) mass is 302 g/mol. The average molecular weight is 302 g/mol. The molecule has 6 nitrogen and oxygen atoms in total. The van der Waals surface area contributed by atoms with Crippen LogP contribution in [0.1, 0.15) is 49.0 Å². The van der Waals surface area contributed by atoms with Crippen LogP contribution in [0.4, 0.5) is 0 Å². The van der Waals surface area contributed by atoms with E-state index in [0.29, 0.717) is 23.3 Å². The molecule has 0 aliphatic carbocycles. The van der Waals surface area contributed by atoms with Crippen LogP contribution in [-0.2, 0) is 0 Å². The number of rotatable bonds is 5. The molecular weight excluding hydrogens is 284 g/mol. The molecule has 0 aliphatic rings. The number of ketones is 1. The predicted octanol–water partition coefficient (Wildman–Crippen LogP) is 2.57. The Balaban J connectivity index is 2.45. The van der Waals surface area contributed by atoms with Crippen LogP contribution in [0.3, 0.4) is 0 Å². The normalized spacial score (nSPS) is 10.7. The number of hydrogen-bond acceptors (Lipinski definition) is 4. The molecule has 0 bridgehead atoms. The third-order valence-corrected chi connectivity index (χ3v) is 3.22. The Labute approximate surface area is 127 Å². The molecule has 0 unspecified atom stereocenters. The number of aromatic amines is 2. The van der Waals surface area contributed by atoms with Gasteiger partial charge in [-0.25, -0.2) is 4.79 Å². The van der Waals surface area contributed by atoms with Gasteiger partial charge in [-0.3, -0.25) is 19.6 Å². The Bertz CT molecular complexity index is 802. The Morgan fingerprint density at radius 3 is 2.59 bits per heavy atom.